The first-order chi connectivity index (χ1) is 11.0. The second kappa shape index (κ2) is 8.38. The van der Waals surface area contributed by atoms with Crippen LogP contribution in [0.3, 0.4) is 0 Å². The molecule has 6 nitrogen and oxygen atoms in total. The molecule has 1 amide bonds. The van der Waals surface area contributed by atoms with Crippen molar-refractivity contribution in [3.05, 3.63) is 52.4 Å². The van der Waals surface area contributed by atoms with Crippen LogP contribution < -0.4 is 10.1 Å². The number of furan rings is 1. The largest absolute Gasteiger partial charge is 0.486 e. The van der Waals surface area contributed by atoms with Gasteiger partial charge in [0.05, 0.1) is 0 Å². The van der Waals surface area contributed by atoms with Gasteiger partial charge in [-0.2, -0.15) is 0 Å². The molecule has 0 bridgehead atoms. The minimum absolute atomic E-state index is 0.0186. The van der Waals surface area contributed by atoms with Gasteiger partial charge in [0.15, 0.2) is 5.76 Å². The summed E-state index contributed by atoms with van der Waals surface area (Å²) in [6.07, 6.45) is 0.395. The molecule has 1 aromatic carbocycles. The zero-order chi connectivity index (χ0) is 16.7. The van der Waals surface area contributed by atoms with Crippen LogP contribution in [0, 0.1) is 0 Å². The second-order valence-corrected chi connectivity index (χ2v) is 5.68. The number of benzene rings is 1. The average molecular weight is 382 g/mol. The van der Waals surface area contributed by atoms with Crippen molar-refractivity contribution in [2.45, 2.75) is 19.4 Å². The summed E-state index contributed by atoms with van der Waals surface area (Å²) in [5, 5.41) is 11.1. The number of amides is 1. The van der Waals surface area contributed by atoms with Crippen LogP contribution in [0.2, 0.25) is 0 Å². The number of carboxylic acid groups (broad SMARTS) is 1. The summed E-state index contributed by atoms with van der Waals surface area (Å²) in [7, 11) is 0. The lowest BCUT2D eigenvalue weighted by Gasteiger charge is -2.04. The van der Waals surface area contributed by atoms with Crippen molar-refractivity contribution >= 4 is 27.8 Å². The first-order valence-corrected chi connectivity index (χ1v) is 7.81. The summed E-state index contributed by atoms with van der Waals surface area (Å²) in [6.45, 7) is 0.504. The van der Waals surface area contributed by atoms with E-state index in [0.29, 0.717) is 17.9 Å². The van der Waals surface area contributed by atoms with Crippen LogP contribution in [0.5, 0.6) is 5.75 Å². The van der Waals surface area contributed by atoms with Gasteiger partial charge in [-0.1, -0.05) is 15.9 Å². The third-order valence-corrected chi connectivity index (χ3v) is 3.46. The van der Waals surface area contributed by atoms with E-state index in [9.17, 15) is 9.59 Å². The van der Waals surface area contributed by atoms with E-state index < -0.39 is 5.97 Å². The van der Waals surface area contributed by atoms with Gasteiger partial charge in [-0.15, -0.1) is 0 Å². The third kappa shape index (κ3) is 5.78. The number of nitrogens with one attached hydrogen (secondary N) is 1. The molecule has 2 aromatic rings. The maximum Gasteiger partial charge on any atom is 0.303 e. The number of ether oxygens (including phenoxy) is 1. The van der Waals surface area contributed by atoms with E-state index in [4.69, 9.17) is 14.3 Å². The van der Waals surface area contributed by atoms with E-state index in [-0.39, 0.29) is 31.2 Å². The minimum Gasteiger partial charge on any atom is -0.486 e. The van der Waals surface area contributed by atoms with Crippen LogP contribution in [0.25, 0.3) is 0 Å². The Kier molecular flexibility index (Phi) is 6.22. The molecule has 0 aliphatic rings. The van der Waals surface area contributed by atoms with Crippen LogP contribution in [0.4, 0.5) is 0 Å². The molecule has 2 N–H and O–H groups in total. The summed E-state index contributed by atoms with van der Waals surface area (Å²) in [6, 6.07) is 10.6. The van der Waals surface area contributed by atoms with Gasteiger partial charge in [0, 0.05) is 17.4 Å². The van der Waals surface area contributed by atoms with Gasteiger partial charge in [-0.3, -0.25) is 9.59 Å². The maximum atomic E-state index is 11.8. The van der Waals surface area contributed by atoms with Crippen molar-refractivity contribution in [1.82, 2.24) is 5.32 Å². The summed E-state index contributed by atoms with van der Waals surface area (Å²) < 4.78 is 11.9. The minimum atomic E-state index is -0.885. The van der Waals surface area contributed by atoms with Crippen molar-refractivity contribution in [3.8, 4) is 5.75 Å². The lowest BCUT2D eigenvalue weighted by molar-refractivity contribution is -0.137. The van der Waals surface area contributed by atoms with Crippen molar-refractivity contribution < 1.29 is 23.8 Å². The summed E-state index contributed by atoms with van der Waals surface area (Å²) in [4.78, 5) is 22.2. The Labute approximate surface area is 141 Å². The van der Waals surface area contributed by atoms with Crippen LogP contribution in [0.1, 0.15) is 29.2 Å². The van der Waals surface area contributed by atoms with E-state index in [1.54, 1.807) is 12.1 Å². The predicted octanol–water partition coefficient (Wildman–Crippen LogP) is 3.22. The Bertz CT molecular complexity index is 665. The van der Waals surface area contributed by atoms with E-state index in [0.717, 1.165) is 4.47 Å². The van der Waals surface area contributed by atoms with Crippen LogP contribution in [-0.4, -0.2) is 23.5 Å². The maximum absolute atomic E-state index is 11.8. The second-order valence-electron chi connectivity index (χ2n) is 4.76. The summed E-state index contributed by atoms with van der Waals surface area (Å²) in [5.74, 6) is 0.150. The SMILES string of the molecule is O=C(O)CCCNC(=O)c1ccc(COc2ccc(Br)cc2)o1. The Morgan fingerprint density at radius 2 is 1.91 bits per heavy atom. The molecule has 0 spiro atoms. The van der Waals surface area contributed by atoms with Crippen molar-refractivity contribution in [3.63, 3.8) is 0 Å². The van der Waals surface area contributed by atoms with E-state index in [1.165, 1.54) is 0 Å². The molecule has 2 rings (SSSR count). The molecule has 0 unspecified atom stereocenters. The van der Waals surface area contributed by atoms with Gasteiger partial charge in [0.2, 0.25) is 0 Å². The van der Waals surface area contributed by atoms with Gasteiger partial charge in [-0.05, 0) is 42.8 Å². The quantitative estimate of drug-likeness (QED) is 0.685. The van der Waals surface area contributed by atoms with E-state index in [2.05, 4.69) is 21.2 Å². The van der Waals surface area contributed by atoms with Crippen LogP contribution in [0.15, 0.2) is 45.3 Å². The highest BCUT2D eigenvalue weighted by molar-refractivity contribution is 9.10. The Hall–Kier alpha value is -2.28. The Balaban J connectivity index is 1.79. The van der Waals surface area contributed by atoms with E-state index in [1.807, 2.05) is 24.3 Å². The number of hydrogen-bond acceptors (Lipinski definition) is 4. The molecule has 7 heteroatoms. The highest BCUT2D eigenvalue weighted by atomic mass is 79.9. The monoisotopic (exact) mass is 381 g/mol. The zero-order valence-corrected chi connectivity index (χ0v) is 13.8. The number of carbonyl (C=O) groups is 2. The smallest absolute Gasteiger partial charge is 0.303 e. The third-order valence-electron chi connectivity index (χ3n) is 2.93. The zero-order valence-electron chi connectivity index (χ0n) is 12.3. The fourth-order valence-corrected chi connectivity index (χ4v) is 2.06. The molecule has 122 valence electrons. The topological polar surface area (TPSA) is 88.8 Å². The van der Waals surface area contributed by atoms with Gasteiger partial charge >= 0.3 is 5.97 Å². The molecule has 1 aromatic heterocycles. The molecular formula is C16H16BrNO5. The van der Waals surface area contributed by atoms with Crippen molar-refractivity contribution in [1.29, 1.82) is 0 Å². The first-order valence-electron chi connectivity index (χ1n) is 7.01. The van der Waals surface area contributed by atoms with Crippen LogP contribution in [-0.2, 0) is 11.4 Å². The van der Waals surface area contributed by atoms with Crippen molar-refractivity contribution in [2.24, 2.45) is 0 Å². The molecule has 1 heterocycles. The standard InChI is InChI=1S/C16H16BrNO5/c17-11-3-5-12(6-4-11)22-10-13-7-8-14(23-13)16(21)18-9-1-2-15(19)20/h3-8H,1-2,9-10H2,(H,18,21)(H,19,20). The molecule has 0 saturated heterocycles. The number of carboxylic acids is 1. The number of hydrogen-bond donors (Lipinski definition) is 2. The molecule has 0 radical (unpaired) electrons. The van der Waals surface area contributed by atoms with E-state index >= 15 is 0 Å². The lowest BCUT2D eigenvalue weighted by atomic mass is 10.3. The first kappa shape index (κ1) is 17.1. The van der Waals surface area contributed by atoms with Gasteiger partial charge in [-0.25, -0.2) is 0 Å². The summed E-state index contributed by atoms with van der Waals surface area (Å²) >= 11 is 3.34. The van der Waals surface area contributed by atoms with Gasteiger partial charge in [0.1, 0.15) is 18.1 Å². The summed E-state index contributed by atoms with van der Waals surface area (Å²) in [5.41, 5.74) is 0. The average Bonchev–Trinajstić information content (AvgIpc) is 3.00. The fraction of sp³-hybridized carbons (Fsp3) is 0.250. The normalized spacial score (nSPS) is 10.3. The number of aliphatic carboxylic acids is 1. The molecule has 0 aliphatic carbocycles. The molecule has 0 fully saturated rings. The molecule has 23 heavy (non-hydrogen) atoms. The highest BCUT2D eigenvalue weighted by Crippen LogP contribution is 2.18. The molecular weight excluding hydrogens is 366 g/mol. The molecule has 0 aliphatic heterocycles. The molecule has 0 atom stereocenters. The highest BCUT2D eigenvalue weighted by Gasteiger charge is 2.11. The molecule has 0 saturated carbocycles. The number of rotatable bonds is 8. The number of carbonyl (C=O) groups excluding carboxylic acids is 1. The van der Waals surface area contributed by atoms with Gasteiger partial charge in [0.25, 0.3) is 5.91 Å². The fourth-order valence-electron chi connectivity index (χ4n) is 1.79. The Morgan fingerprint density at radius 3 is 2.61 bits per heavy atom. The van der Waals surface area contributed by atoms with Crippen molar-refractivity contribution in [2.75, 3.05) is 6.54 Å². The predicted molar refractivity (Wildman–Crippen MR) is 86.4 cm³/mol. The lowest BCUT2D eigenvalue weighted by Crippen LogP contribution is -2.24. The van der Waals surface area contributed by atoms with Crippen LogP contribution >= 0.6 is 15.9 Å². The number of halogens is 1. The van der Waals surface area contributed by atoms with Gasteiger partial charge < -0.3 is 19.6 Å². The Morgan fingerprint density at radius 1 is 1.17 bits per heavy atom.